The minimum absolute atomic E-state index is 0.0503. The van der Waals surface area contributed by atoms with Crippen LogP contribution >= 0.6 is 0 Å². The van der Waals surface area contributed by atoms with Gasteiger partial charge in [0.05, 0.1) is 41.8 Å². The summed E-state index contributed by atoms with van der Waals surface area (Å²) in [7, 11) is 0. The lowest BCUT2D eigenvalue weighted by Gasteiger charge is -2.27. The zero-order valence-electron chi connectivity index (χ0n) is 45.0. The Morgan fingerprint density at radius 1 is 0.633 bits per heavy atom. The predicted molar refractivity (Wildman–Crippen MR) is 251 cm³/mol. The molecule has 0 aliphatic carbocycles. The first kappa shape index (κ1) is 26.8. The number of para-hydroxylation sites is 4. The molecule has 10 rings (SSSR count). The molecular weight excluding hydrogens is 733 g/mol. The number of pyridine rings is 1. The maximum Gasteiger partial charge on any atom is 0.137 e. The highest BCUT2D eigenvalue weighted by Gasteiger charge is 2.32. The molecule has 0 bridgehead atoms. The topological polar surface area (TPSA) is 33.5 Å². The van der Waals surface area contributed by atoms with Crippen LogP contribution in [0.5, 0.6) is 11.5 Å². The number of anilines is 4. The van der Waals surface area contributed by atoms with Crippen LogP contribution in [0, 0.1) is 0 Å². The van der Waals surface area contributed by atoms with Crippen LogP contribution in [0.3, 0.4) is 0 Å². The third-order valence-electron chi connectivity index (χ3n) is 11.1. The monoisotopic (exact) mass is 791 g/mol. The molecule has 0 spiro atoms. The van der Waals surface area contributed by atoms with Crippen molar-refractivity contribution in [2.45, 2.75) is 45.9 Å². The van der Waals surface area contributed by atoms with Gasteiger partial charge in [0.15, 0.2) is 0 Å². The average Bonchev–Trinajstić information content (AvgIpc) is 3.89. The van der Waals surface area contributed by atoms with Crippen molar-refractivity contribution in [1.29, 1.82) is 0 Å². The minimum atomic E-state index is -1.09. The normalized spacial score (nSPS) is 15.5. The van der Waals surface area contributed by atoms with Crippen molar-refractivity contribution in [2.75, 3.05) is 16.5 Å². The molecule has 0 fully saturated rings. The van der Waals surface area contributed by atoms with Crippen LogP contribution < -0.4 is 14.5 Å². The van der Waals surface area contributed by atoms with E-state index in [9.17, 15) is 1.37 Å². The van der Waals surface area contributed by atoms with E-state index >= 15 is 0 Å². The number of fused-ring (bicyclic) bond motifs is 4. The molecule has 1 aliphatic heterocycles. The van der Waals surface area contributed by atoms with E-state index in [1.165, 1.54) is 0 Å². The van der Waals surface area contributed by atoms with E-state index in [-0.39, 0.29) is 40.0 Å². The smallest absolute Gasteiger partial charge is 0.137 e. The zero-order chi connectivity index (χ0) is 50.6. The molecular formula is C55H48N4O. The molecule has 0 atom stereocenters. The van der Waals surface area contributed by atoms with Crippen LogP contribution in [0.15, 0.2) is 182 Å². The maximum atomic E-state index is 9.26. The van der Waals surface area contributed by atoms with Crippen LogP contribution in [0.4, 0.5) is 22.7 Å². The Labute approximate surface area is 368 Å². The lowest BCUT2D eigenvalue weighted by molar-refractivity contribution is 0.482. The number of rotatable bonds is 8. The lowest BCUT2D eigenvalue weighted by Crippen LogP contribution is -2.25. The largest absolute Gasteiger partial charge is 0.457 e. The molecule has 0 N–H and O–H groups in total. The van der Waals surface area contributed by atoms with Crippen molar-refractivity contribution in [2.24, 2.45) is 0 Å². The fourth-order valence-electron chi connectivity index (χ4n) is 8.12. The van der Waals surface area contributed by atoms with Gasteiger partial charge in [-0.05, 0) is 88.2 Å². The highest BCUT2D eigenvalue weighted by molar-refractivity contribution is 6.09. The van der Waals surface area contributed by atoms with Gasteiger partial charge >= 0.3 is 0 Å². The van der Waals surface area contributed by atoms with Crippen LogP contribution in [0.2, 0.25) is 0 Å². The number of aromatic nitrogens is 2. The van der Waals surface area contributed by atoms with Gasteiger partial charge in [-0.15, -0.1) is 0 Å². The number of nitrogens with zero attached hydrogens (tertiary/aromatic N) is 4. The molecule has 2 aromatic heterocycles. The first-order valence-electron chi connectivity index (χ1n) is 25.4. The fourth-order valence-corrected chi connectivity index (χ4v) is 8.12. The van der Waals surface area contributed by atoms with E-state index in [1.807, 2.05) is 94.9 Å². The number of hydrogen-bond acceptors (Lipinski definition) is 4. The molecule has 5 nitrogen and oxygen atoms in total. The molecule has 60 heavy (non-hydrogen) atoms. The second-order valence-corrected chi connectivity index (χ2v) is 16.2. The summed E-state index contributed by atoms with van der Waals surface area (Å²) in [5.74, 6) is 0.706. The number of hydrogen-bond donors (Lipinski definition) is 0. The molecule has 0 saturated carbocycles. The van der Waals surface area contributed by atoms with Crippen molar-refractivity contribution in [1.82, 2.24) is 9.55 Å². The van der Waals surface area contributed by atoms with E-state index < -0.39 is 66.3 Å². The fraction of sp³-hybridized carbons (Fsp3) is 0.145. The lowest BCUT2D eigenvalue weighted by atomic mass is 9.88. The predicted octanol–water partition coefficient (Wildman–Crippen LogP) is 15.0. The second-order valence-electron chi connectivity index (χ2n) is 16.2. The first-order chi connectivity index (χ1) is 33.6. The van der Waals surface area contributed by atoms with E-state index in [0.29, 0.717) is 34.1 Å². The van der Waals surface area contributed by atoms with Crippen molar-refractivity contribution < 1.29 is 19.8 Å². The first-order valence-corrected chi connectivity index (χ1v) is 19.9. The molecule has 1 aliphatic rings. The van der Waals surface area contributed by atoms with E-state index in [4.69, 9.17) is 23.4 Å². The summed E-state index contributed by atoms with van der Waals surface area (Å²) in [6, 6.07) is 31.2. The van der Waals surface area contributed by atoms with Crippen LogP contribution in [-0.2, 0) is 5.41 Å². The van der Waals surface area contributed by atoms with Gasteiger partial charge < -0.3 is 14.5 Å². The molecule has 3 heterocycles. The van der Waals surface area contributed by atoms with E-state index in [1.54, 1.807) is 32.0 Å². The molecule has 7 aromatic carbocycles. The standard InChI is InChI=1S/C55H48N4O/c1-37(2)40-31-42(34-44(32-40)60-43-27-28-48-47-21-12-13-24-49(47)59(52(48)35-43)53-33-41(29-30-56-53)55(3,4)5)57-36-58(51-26-15-14-25-50(51)57)54-45(38-17-8-6-9-18-38)22-16-23-46(54)39-19-10-7-11-20-39/h6-35,37H,36H2,1-5H3/i6D,7D,8D,9D,10D,11D,17D,18D,19D,20D,37D. The van der Waals surface area contributed by atoms with Gasteiger partial charge in [-0.1, -0.05) is 144 Å². The van der Waals surface area contributed by atoms with Crippen LogP contribution in [-0.4, -0.2) is 16.2 Å². The average molecular weight is 792 g/mol. The van der Waals surface area contributed by atoms with Crippen molar-refractivity contribution in [3.05, 3.63) is 193 Å². The van der Waals surface area contributed by atoms with Crippen molar-refractivity contribution in [3.63, 3.8) is 0 Å². The second kappa shape index (κ2) is 14.9. The summed E-state index contributed by atoms with van der Waals surface area (Å²) in [5, 5.41) is 2.09. The van der Waals surface area contributed by atoms with E-state index in [0.717, 1.165) is 33.2 Å². The quantitative estimate of drug-likeness (QED) is 0.153. The van der Waals surface area contributed by atoms with Gasteiger partial charge in [0.25, 0.3) is 0 Å². The summed E-state index contributed by atoms with van der Waals surface area (Å²) in [6.45, 7) is 10.2. The molecule has 0 amide bonds. The van der Waals surface area contributed by atoms with Crippen LogP contribution in [0.1, 0.15) is 66.7 Å². The van der Waals surface area contributed by atoms with Crippen LogP contribution in [0.25, 0.3) is 49.9 Å². The summed E-state index contributed by atoms with van der Waals surface area (Å²) in [4.78, 5) is 8.72. The maximum absolute atomic E-state index is 9.26. The number of ether oxygens (including phenoxy) is 1. The zero-order valence-corrected chi connectivity index (χ0v) is 34.0. The van der Waals surface area contributed by atoms with Gasteiger partial charge in [0.2, 0.25) is 0 Å². The molecule has 0 saturated heterocycles. The SMILES string of the molecule is [2H]c1c([2H])c([2H])c(-c2cccc(-c3c([2H])c([2H])c([2H])c([2H])c3[2H])c2N2CN(c3cc(Oc4ccc5c6ccccc6n(-c6cc(C(C)(C)C)ccn6)c5c4)cc(C([2H])(C)C)c3)c3ccccc32)c([2H])c1[2H]. The minimum Gasteiger partial charge on any atom is -0.457 e. The summed E-state index contributed by atoms with van der Waals surface area (Å²) < 4.78 is 106. The van der Waals surface area contributed by atoms with Gasteiger partial charge in [0, 0.05) is 47.3 Å². The molecule has 0 unspecified atom stereocenters. The Kier molecular flexibility index (Phi) is 6.67. The van der Waals surface area contributed by atoms with E-state index in [2.05, 4.69) is 43.5 Å². The molecule has 9 aromatic rings. The summed E-state index contributed by atoms with van der Waals surface area (Å²) in [5.41, 5.74) is 6.00. The van der Waals surface area contributed by atoms with Gasteiger partial charge in [0.1, 0.15) is 24.0 Å². The highest BCUT2D eigenvalue weighted by Crippen LogP contribution is 2.50. The van der Waals surface area contributed by atoms with Gasteiger partial charge in [-0.3, -0.25) is 4.57 Å². The summed E-state index contributed by atoms with van der Waals surface area (Å²) >= 11 is 0. The summed E-state index contributed by atoms with van der Waals surface area (Å²) in [6.07, 6.45) is 1.84. The Morgan fingerprint density at radius 2 is 1.28 bits per heavy atom. The number of benzene rings is 7. The molecule has 0 radical (unpaired) electrons. The Morgan fingerprint density at radius 3 is 1.97 bits per heavy atom. The van der Waals surface area contributed by atoms with Gasteiger partial charge in [-0.2, -0.15) is 0 Å². The Bertz CT molecular complexity index is 3530. The molecule has 5 heteroatoms. The van der Waals surface area contributed by atoms with Gasteiger partial charge in [-0.25, -0.2) is 4.98 Å². The third-order valence-corrected chi connectivity index (χ3v) is 11.1. The Balaban J connectivity index is 1.14. The third kappa shape index (κ3) is 6.66. The van der Waals surface area contributed by atoms with Crippen molar-refractivity contribution in [3.8, 4) is 39.6 Å². The molecule has 294 valence electrons. The highest BCUT2D eigenvalue weighted by atomic mass is 16.5. The Hall–Kier alpha value is -7.11. The van der Waals surface area contributed by atoms with Crippen molar-refractivity contribution >= 4 is 44.6 Å².